The van der Waals surface area contributed by atoms with Gasteiger partial charge in [-0.15, -0.1) is 0 Å². The zero-order chi connectivity index (χ0) is 17.3. The maximum absolute atomic E-state index is 11.9. The van der Waals surface area contributed by atoms with Gasteiger partial charge in [-0.2, -0.15) is 0 Å². The molecule has 0 spiro atoms. The first-order valence-electron chi connectivity index (χ1n) is 8.21. The smallest absolute Gasteiger partial charge is 0.140 e. The lowest BCUT2D eigenvalue weighted by Crippen LogP contribution is -2.28. The molecule has 0 aromatic heterocycles. The van der Waals surface area contributed by atoms with Crippen molar-refractivity contribution in [2.24, 2.45) is 0 Å². The molecule has 1 atom stereocenters. The fourth-order valence-electron chi connectivity index (χ4n) is 3.31. The third-order valence-electron chi connectivity index (χ3n) is 4.60. The second-order valence-corrected chi connectivity index (χ2v) is 6.59. The highest BCUT2D eigenvalue weighted by atomic mass is 35.5. The zero-order valence-electron chi connectivity index (χ0n) is 13.6. The Morgan fingerprint density at radius 1 is 0.560 bits per heavy atom. The van der Waals surface area contributed by atoms with Crippen molar-refractivity contribution in [2.75, 3.05) is 0 Å². The van der Waals surface area contributed by atoms with Gasteiger partial charge in [-0.05, 0) is 45.7 Å². The van der Waals surface area contributed by atoms with Crippen molar-refractivity contribution < 1.29 is 5.11 Å². The van der Waals surface area contributed by atoms with Crippen LogP contribution in [-0.2, 0) is 5.60 Å². The van der Waals surface area contributed by atoms with Crippen molar-refractivity contribution in [2.45, 2.75) is 5.60 Å². The first kappa shape index (κ1) is 15.9. The van der Waals surface area contributed by atoms with Crippen LogP contribution in [0.25, 0.3) is 10.8 Å². The van der Waals surface area contributed by atoms with Gasteiger partial charge in [0.05, 0.1) is 0 Å². The van der Waals surface area contributed by atoms with Crippen molar-refractivity contribution in [3.63, 3.8) is 0 Å². The minimum absolute atomic E-state index is 0.604. The molecule has 0 radical (unpaired) electrons. The topological polar surface area (TPSA) is 20.2 Å². The summed E-state index contributed by atoms with van der Waals surface area (Å²) in [5.74, 6) is 0. The molecule has 0 aliphatic rings. The van der Waals surface area contributed by atoms with Crippen LogP contribution in [0.2, 0.25) is 5.02 Å². The lowest BCUT2D eigenvalue weighted by molar-refractivity contribution is 0.126. The van der Waals surface area contributed by atoms with Gasteiger partial charge in [0, 0.05) is 5.02 Å². The molecule has 0 aliphatic carbocycles. The summed E-state index contributed by atoms with van der Waals surface area (Å²) in [4.78, 5) is 0. The average molecular weight is 345 g/mol. The van der Waals surface area contributed by atoms with E-state index in [0.717, 1.165) is 27.5 Å². The first-order valence-corrected chi connectivity index (χ1v) is 8.59. The number of hydrogen-bond acceptors (Lipinski definition) is 1. The molecule has 1 N–H and O–H groups in total. The van der Waals surface area contributed by atoms with Gasteiger partial charge < -0.3 is 5.11 Å². The molecule has 0 bridgehead atoms. The molecule has 0 saturated heterocycles. The Hall–Kier alpha value is -2.61. The van der Waals surface area contributed by atoms with Crippen LogP contribution in [0.4, 0.5) is 0 Å². The summed E-state index contributed by atoms with van der Waals surface area (Å²) in [6.45, 7) is 0. The van der Waals surface area contributed by atoms with Crippen LogP contribution in [0, 0.1) is 0 Å². The van der Waals surface area contributed by atoms with Crippen molar-refractivity contribution in [3.05, 3.63) is 119 Å². The monoisotopic (exact) mass is 344 g/mol. The Labute approximate surface area is 152 Å². The van der Waals surface area contributed by atoms with Crippen LogP contribution < -0.4 is 0 Å². The molecule has 0 fully saturated rings. The van der Waals surface area contributed by atoms with Crippen molar-refractivity contribution in [1.29, 1.82) is 0 Å². The van der Waals surface area contributed by atoms with Gasteiger partial charge in [0.25, 0.3) is 0 Å². The Kier molecular flexibility index (Phi) is 4.04. The molecule has 25 heavy (non-hydrogen) atoms. The van der Waals surface area contributed by atoms with Crippen LogP contribution in [-0.4, -0.2) is 5.11 Å². The minimum atomic E-state index is -1.27. The normalized spacial score (nSPS) is 13.5. The Balaban J connectivity index is 1.99. The van der Waals surface area contributed by atoms with Crippen molar-refractivity contribution in [3.8, 4) is 0 Å². The average Bonchev–Trinajstić information content (AvgIpc) is 2.67. The highest BCUT2D eigenvalue weighted by molar-refractivity contribution is 6.30. The Morgan fingerprint density at radius 2 is 1.20 bits per heavy atom. The summed E-state index contributed by atoms with van der Waals surface area (Å²) < 4.78 is 0. The van der Waals surface area contributed by atoms with E-state index in [0.29, 0.717) is 5.02 Å². The van der Waals surface area contributed by atoms with Crippen LogP contribution >= 0.6 is 11.6 Å². The quantitative estimate of drug-likeness (QED) is 0.467. The fourth-order valence-corrected chi connectivity index (χ4v) is 3.50. The molecule has 4 rings (SSSR count). The highest BCUT2D eigenvalue weighted by Gasteiger charge is 2.34. The molecule has 0 heterocycles. The summed E-state index contributed by atoms with van der Waals surface area (Å²) in [5.41, 5.74) is 1.12. The zero-order valence-corrected chi connectivity index (χ0v) is 14.3. The molecule has 122 valence electrons. The van der Waals surface area contributed by atoms with Gasteiger partial charge >= 0.3 is 0 Å². The largest absolute Gasteiger partial charge is 0.376 e. The molecule has 2 heteroatoms. The van der Waals surface area contributed by atoms with Crippen LogP contribution in [0.1, 0.15) is 16.7 Å². The van der Waals surface area contributed by atoms with Gasteiger partial charge in [-0.3, -0.25) is 0 Å². The number of halogens is 1. The van der Waals surface area contributed by atoms with E-state index in [9.17, 15) is 5.11 Å². The standard InChI is InChI=1S/C23H17ClO/c24-22-12-6-11-20(16-22)23(25,19-9-2-1-3-10-19)21-14-13-17-7-4-5-8-18(17)15-21/h1-16,25H/t23-/m0/s1. The lowest BCUT2D eigenvalue weighted by atomic mass is 9.80. The van der Waals surface area contributed by atoms with Crippen LogP contribution in [0.3, 0.4) is 0 Å². The van der Waals surface area contributed by atoms with Gasteiger partial charge in [-0.1, -0.05) is 90.5 Å². The summed E-state index contributed by atoms with van der Waals surface area (Å²) >= 11 is 6.21. The fraction of sp³-hybridized carbons (Fsp3) is 0.0435. The summed E-state index contributed by atoms with van der Waals surface area (Å²) in [6, 6.07) is 31.3. The number of fused-ring (bicyclic) bond motifs is 1. The summed E-state index contributed by atoms with van der Waals surface area (Å²) in [6.07, 6.45) is 0. The van der Waals surface area contributed by atoms with E-state index < -0.39 is 5.60 Å². The van der Waals surface area contributed by atoms with Gasteiger partial charge in [0.1, 0.15) is 5.60 Å². The van der Waals surface area contributed by atoms with Crippen molar-refractivity contribution in [1.82, 2.24) is 0 Å². The van der Waals surface area contributed by atoms with E-state index in [4.69, 9.17) is 11.6 Å². The number of rotatable bonds is 3. The molecule has 4 aromatic carbocycles. The van der Waals surface area contributed by atoms with E-state index in [1.165, 1.54) is 0 Å². The summed E-state index contributed by atoms with van der Waals surface area (Å²) in [7, 11) is 0. The number of benzene rings is 4. The van der Waals surface area contributed by atoms with Crippen molar-refractivity contribution >= 4 is 22.4 Å². The van der Waals surface area contributed by atoms with E-state index in [1.807, 2.05) is 84.9 Å². The second kappa shape index (κ2) is 6.36. The van der Waals surface area contributed by atoms with Crippen LogP contribution in [0.15, 0.2) is 97.1 Å². The molecule has 0 unspecified atom stereocenters. The van der Waals surface area contributed by atoms with Crippen LogP contribution in [0.5, 0.6) is 0 Å². The van der Waals surface area contributed by atoms with Gasteiger partial charge in [-0.25, -0.2) is 0 Å². The second-order valence-electron chi connectivity index (χ2n) is 6.15. The number of aliphatic hydroxyl groups is 1. The molecular weight excluding hydrogens is 328 g/mol. The maximum atomic E-state index is 11.9. The molecule has 0 saturated carbocycles. The summed E-state index contributed by atoms with van der Waals surface area (Å²) in [5, 5.41) is 14.7. The molecule has 4 aromatic rings. The van der Waals surface area contributed by atoms with E-state index in [1.54, 1.807) is 0 Å². The highest BCUT2D eigenvalue weighted by Crippen LogP contribution is 2.38. The molecular formula is C23H17ClO. The molecule has 1 nitrogen and oxygen atoms in total. The number of hydrogen-bond donors (Lipinski definition) is 1. The Morgan fingerprint density at radius 3 is 1.96 bits per heavy atom. The van der Waals surface area contributed by atoms with E-state index >= 15 is 0 Å². The third-order valence-corrected chi connectivity index (χ3v) is 4.84. The predicted molar refractivity (Wildman–Crippen MR) is 104 cm³/mol. The van der Waals surface area contributed by atoms with Gasteiger partial charge in [0.15, 0.2) is 0 Å². The van der Waals surface area contributed by atoms with E-state index in [2.05, 4.69) is 12.1 Å². The minimum Gasteiger partial charge on any atom is -0.376 e. The first-order chi connectivity index (χ1) is 12.2. The molecule has 0 amide bonds. The van der Waals surface area contributed by atoms with Gasteiger partial charge in [0.2, 0.25) is 0 Å². The third kappa shape index (κ3) is 2.82. The SMILES string of the molecule is O[C@@](c1ccccc1)(c1cccc(Cl)c1)c1ccc2ccccc2c1. The Bertz CT molecular complexity index is 1030. The van der Waals surface area contributed by atoms with E-state index in [-0.39, 0.29) is 0 Å². The maximum Gasteiger partial charge on any atom is 0.140 e. The molecule has 0 aliphatic heterocycles. The predicted octanol–water partition coefficient (Wildman–Crippen LogP) is 5.78. The lowest BCUT2D eigenvalue weighted by Gasteiger charge is -2.30.